The van der Waals surface area contributed by atoms with Gasteiger partial charge in [0.1, 0.15) is 0 Å². The Morgan fingerprint density at radius 1 is 1.44 bits per heavy atom. The van der Waals surface area contributed by atoms with Gasteiger partial charge in [0.25, 0.3) is 0 Å². The first-order chi connectivity index (χ1) is 4.11. The minimum atomic E-state index is -4.25. The van der Waals surface area contributed by atoms with Crippen LogP contribution < -0.4 is 0 Å². The Hall–Kier alpha value is -0.870. The first-order valence-corrected chi connectivity index (χ1v) is 2.23. The van der Waals surface area contributed by atoms with Crippen LogP contribution in [0.5, 0.6) is 0 Å². The molecule has 0 aromatic rings. The maximum Gasteiger partial charge on any atom is 0.416 e. The molecule has 0 N–H and O–H groups in total. The standard InChI is InChI=1S/C4H3F3N2/c5-4(6,7)3-1-8-9-2-3/h1H,2H2. The average Bonchev–Trinajstić information content (AvgIpc) is 2.08. The summed E-state index contributed by atoms with van der Waals surface area (Å²) in [5, 5.41) is 6.22. The summed E-state index contributed by atoms with van der Waals surface area (Å²) in [6, 6.07) is 0. The Balaban J connectivity index is 2.66. The van der Waals surface area contributed by atoms with Gasteiger partial charge in [-0.15, -0.1) is 0 Å². The number of alkyl halides is 3. The molecule has 0 saturated heterocycles. The van der Waals surface area contributed by atoms with Crippen molar-refractivity contribution in [2.45, 2.75) is 6.18 Å². The largest absolute Gasteiger partial charge is 0.416 e. The van der Waals surface area contributed by atoms with E-state index in [-0.39, 0.29) is 6.54 Å². The number of hydrogen-bond acceptors (Lipinski definition) is 2. The molecule has 1 aliphatic heterocycles. The lowest BCUT2D eigenvalue weighted by Gasteiger charge is -2.02. The van der Waals surface area contributed by atoms with Crippen molar-refractivity contribution in [3.63, 3.8) is 0 Å². The molecule has 2 nitrogen and oxygen atoms in total. The molecule has 5 heteroatoms. The third-order valence-corrected chi connectivity index (χ3v) is 0.900. The summed E-state index contributed by atoms with van der Waals surface area (Å²) >= 11 is 0. The van der Waals surface area contributed by atoms with Gasteiger partial charge in [0.05, 0.1) is 18.3 Å². The van der Waals surface area contributed by atoms with Crippen LogP contribution in [-0.4, -0.2) is 12.7 Å². The van der Waals surface area contributed by atoms with Gasteiger partial charge >= 0.3 is 6.18 Å². The van der Waals surface area contributed by atoms with Crippen LogP contribution in [0.15, 0.2) is 22.0 Å². The van der Waals surface area contributed by atoms with Gasteiger partial charge in [-0.2, -0.15) is 23.4 Å². The molecule has 0 aromatic heterocycles. The zero-order valence-corrected chi connectivity index (χ0v) is 4.31. The number of rotatable bonds is 0. The highest BCUT2D eigenvalue weighted by Crippen LogP contribution is 2.27. The molecule has 1 aliphatic rings. The lowest BCUT2D eigenvalue weighted by Crippen LogP contribution is -2.12. The van der Waals surface area contributed by atoms with Gasteiger partial charge in [-0.1, -0.05) is 0 Å². The van der Waals surface area contributed by atoms with E-state index in [4.69, 9.17) is 0 Å². The van der Waals surface area contributed by atoms with Crippen LogP contribution in [0.2, 0.25) is 0 Å². The molecule has 0 fully saturated rings. The maximum absolute atomic E-state index is 11.6. The van der Waals surface area contributed by atoms with Crippen molar-refractivity contribution in [3.8, 4) is 0 Å². The van der Waals surface area contributed by atoms with Crippen LogP contribution in [0.3, 0.4) is 0 Å². The van der Waals surface area contributed by atoms with Gasteiger partial charge in [-0.25, -0.2) is 0 Å². The fourth-order valence-electron chi connectivity index (χ4n) is 0.431. The second kappa shape index (κ2) is 1.82. The minimum Gasteiger partial charge on any atom is -0.184 e. The summed E-state index contributed by atoms with van der Waals surface area (Å²) in [4.78, 5) is 0. The first-order valence-electron chi connectivity index (χ1n) is 2.23. The first kappa shape index (κ1) is 6.25. The highest BCUT2D eigenvalue weighted by Gasteiger charge is 2.34. The summed E-state index contributed by atoms with van der Waals surface area (Å²) in [7, 11) is 0. The molecule has 50 valence electrons. The van der Waals surface area contributed by atoms with Crippen molar-refractivity contribution in [1.29, 1.82) is 0 Å². The van der Waals surface area contributed by atoms with E-state index < -0.39 is 11.7 Å². The molecule has 0 unspecified atom stereocenters. The van der Waals surface area contributed by atoms with Crippen LogP contribution in [0.1, 0.15) is 0 Å². The van der Waals surface area contributed by atoms with E-state index in [0.717, 1.165) is 6.20 Å². The third kappa shape index (κ3) is 1.28. The normalized spacial score (nSPS) is 18.3. The molecule has 1 rings (SSSR count). The van der Waals surface area contributed by atoms with Crippen LogP contribution in [-0.2, 0) is 0 Å². The molecule has 0 atom stereocenters. The Labute approximate surface area is 49.1 Å². The van der Waals surface area contributed by atoms with Gasteiger partial charge in [0, 0.05) is 0 Å². The third-order valence-electron chi connectivity index (χ3n) is 0.900. The molecule has 0 aromatic carbocycles. The fourth-order valence-corrected chi connectivity index (χ4v) is 0.431. The predicted octanol–water partition coefficient (Wildman–Crippen LogP) is 1.90. The second-order valence-electron chi connectivity index (χ2n) is 1.57. The Kier molecular flexibility index (Phi) is 1.27. The zero-order chi connectivity index (χ0) is 6.91. The van der Waals surface area contributed by atoms with E-state index in [1.54, 1.807) is 0 Å². The second-order valence-corrected chi connectivity index (χ2v) is 1.57. The molecule has 0 aliphatic carbocycles. The van der Waals surface area contributed by atoms with Crippen molar-refractivity contribution in [1.82, 2.24) is 0 Å². The molecule has 0 amide bonds. The van der Waals surface area contributed by atoms with Crippen molar-refractivity contribution in [2.24, 2.45) is 10.2 Å². The van der Waals surface area contributed by atoms with E-state index in [1.165, 1.54) is 0 Å². The van der Waals surface area contributed by atoms with Crippen LogP contribution >= 0.6 is 0 Å². The van der Waals surface area contributed by atoms with Crippen molar-refractivity contribution in [3.05, 3.63) is 11.8 Å². The Bertz CT molecular complexity index is 167. The highest BCUT2D eigenvalue weighted by molar-refractivity contribution is 5.12. The smallest absolute Gasteiger partial charge is 0.184 e. The summed E-state index contributed by atoms with van der Waals surface area (Å²) < 4.78 is 34.7. The summed E-state index contributed by atoms with van der Waals surface area (Å²) in [6.45, 7) is -0.330. The van der Waals surface area contributed by atoms with Gasteiger partial charge < -0.3 is 0 Å². The number of azo groups is 1. The van der Waals surface area contributed by atoms with E-state index in [1.807, 2.05) is 0 Å². The molecule has 0 saturated carbocycles. The van der Waals surface area contributed by atoms with Crippen LogP contribution in [0.25, 0.3) is 0 Å². The summed E-state index contributed by atoms with van der Waals surface area (Å²) in [5.74, 6) is 0. The number of nitrogens with zero attached hydrogens (tertiary/aromatic N) is 2. The molecule has 1 heterocycles. The quantitative estimate of drug-likeness (QED) is 0.485. The zero-order valence-electron chi connectivity index (χ0n) is 4.31. The predicted molar refractivity (Wildman–Crippen MR) is 23.9 cm³/mol. The maximum atomic E-state index is 11.6. The molecule has 0 bridgehead atoms. The summed E-state index contributed by atoms with van der Waals surface area (Å²) in [6.07, 6.45) is -3.51. The monoisotopic (exact) mass is 136 g/mol. The van der Waals surface area contributed by atoms with Crippen molar-refractivity contribution >= 4 is 0 Å². The van der Waals surface area contributed by atoms with E-state index in [0.29, 0.717) is 0 Å². The number of hydrogen-bond donors (Lipinski definition) is 0. The highest BCUT2D eigenvalue weighted by atomic mass is 19.4. The van der Waals surface area contributed by atoms with E-state index in [9.17, 15) is 13.2 Å². The Morgan fingerprint density at radius 2 is 2.11 bits per heavy atom. The van der Waals surface area contributed by atoms with Gasteiger partial charge in [0.15, 0.2) is 0 Å². The van der Waals surface area contributed by atoms with Gasteiger partial charge in [-0.05, 0) is 0 Å². The molecule has 0 spiro atoms. The lowest BCUT2D eigenvalue weighted by molar-refractivity contribution is -0.0917. The van der Waals surface area contributed by atoms with Crippen LogP contribution in [0, 0.1) is 0 Å². The summed E-state index contributed by atoms with van der Waals surface area (Å²) in [5.41, 5.74) is -0.678. The van der Waals surface area contributed by atoms with E-state index in [2.05, 4.69) is 10.2 Å². The SMILES string of the molecule is FC(F)(F)C1=CN=NC1. The van der Waals surface area contributed by atoms with Crippen molar-refractivity contribution < 1.29 is 13.2 Å². The topological polar surface area (TPSA) is 24.7 Å². The number of halogens is 3. The molecular formula is C4H3F3N2. The molecule has 0 radical (unpaired) electrons. The van der Waals surface area contributed by atoms with Crippen LogP contribution in [0.4, 0.5) is 13.2 Å². The van der Waals surface area contributed by atoms with Gasteiger partial charge in [-0.3, -0.25) is 0 Å². The fraction of sp³-hybridized carbons (Fsp3) is 0.500. The molecule has 9 heavy (non-hydrogen) atoms. The minimum absolute atomic E-state index is 0.330. The molecular weight excluding hydrogens is 133 g/mol. The van der Waals surface area contributed by atoms with E-state index >= 15 is 0 Å². The lowest BCUT2D eigenvalue weighted by atomic mass is 10.3. The average molecular weight is 136 g/mol. The van der Waals surface area contributed by atoms with Crippen molar-refractivity contribution in [2.75, 3.05) is 6.54 Å². The van der Waals surface area contributed by atoms with Gasteiger partial charge in [0.2, 0.25) is 0 Å². The Morgan fingerprint density at radius 3 is 2.33 bits per heavy atom.